The van der Waals surface area contributed by atoms with Crippen LogP contribution in [0.5, 0.6) is 0 Å². The van der Waals surface area contributed by atoms with E-state index in [0.717, 1.165) is 12.3 Å². The summed E-state index contributed by atoms with van der Waals surface area (Å²) in [6.07, 6.45) is -0.542. The van der Waals surface area contributed by atoms with Crippen LogP contribution < -0.4 is 5.32 Å². The van der Waals surface area contributed by atoms with E-state index < -0.39 is 11.7 Å². The molecule has 0 rings (SSSR count). The van der Waals surface area contributed by atoms with Crippen LogP contribution in [0.2, 0.25) is 0 Å². The van der Waals surface area contributed by atoms with E-state index in [2.05, 4.69) is 10.3 Å². The summed E-state index contributed by atoms with van der Waals surface area (Å²) in [6.45, 7) is 10.2. The van der Waals surface area contributed by atoms with Gasteiger partial charge in [-0.3, -0.25) is 0 Å². The van der Waals surface area contributed by atoms with Gasteiger partial charge in [0, 0.05) is 6.54 Å². The zero-order chi connectivity index (χ0) is 11.9. The van der Waals surface area contributed by atoms with Crippen molar-refractivity contribution in [1.82, 2.24) is 5.32 Å². The van der Waals surface area contributed by atoms with Gasteiger partial charge in [-0.05, 0) is 33.4 Å². The number of hydrogen-bond donors (Lipinski definition) is 1. The van der Waals surface area contributed by atoms with Crippen molar-refractivity contribution < 1.29 is 9.53 Å². The summed E-state index contributed by atoms with van der Waals surface area (Å²) in [5.41, 5.74) is -0.491. The van der Waals surface area contributed by atoms with Crippen LogP contribution in [0, 0.1) is 0 Å². The van der Waals surface area contributed by atoms with E-state index in [-0.39, 0.29) is 0 Å². The third-order valence-corrected chi connectivity index (χ3v) is 1.99. The van der Waals surface area contributed by atoms with Crippen LogP contribution in [0.15, 0.2) is 4.99 Å². The molecule has 0 aliphatic heterocycles. The van der Waals surface area contributed by atoms with Gasteiger partial charge in [0.1, 0.15) is 5.60 Å². The Hall–Kier alpha value is -0.710. The Bertz CT molecular complexity index is 226. The fraction of sp³-hybridized carbons (Fsp3) is 0.800. The molecule has 0 unspecified atom stereocenters. The zero-order valence-electron chi connectivity index (χ0n) is 10.1. The first kappa shape index (κ1) is 14.3. The molecule has 0 aromatic rings. The maximum atomic E-state index is 11.4. The van der Waals surface area contributed by atoms with Gasteiger partial charge in [-0.2, -0.15) is 4.99 Å². The second-order valence-corrected chi connectivity index (χ2v) is 5.11. The number of rotatable bonds is 2. The molecular formula is C10H20N2O2S. The molecule has 0 aromatic heterocycles. The lowest BCUT2D eigenvalue weighted by molar-refractivity contribution is 0.0604. The molecular weight excluding hydrogens is 212 g/mol. The lowest BCUT2D eigenvalue weighted by atomic mass is 10.2. The van der Waals surface area contributed by atoms with Gasteiger partial charge in [0.25, 0.3) is 0 Å². The van der Waals surface area contributed by atoms with Crippen molar-refractivity contribution in [2.75, 3.05) is 12.3 Å². The van der Waals surface area contributed by atoms with Crippen LogP contribution in [0.4, 0.5) is 4.79 Å². The number of carbonyl (C=O) groups excluding carboxylic acids is 1. The van der Waals surface area contributed by atoms with Gasteiger partial charge in [-0.25, -0.2) is 4.79 Å². The first-order chi connectivity index (χ1) is 6.89. The lowest BCUT2D eigenvalue weighted by Crippen LogP contribution is -2.25. The summed E-state index contributed by atoms with van der Waals surface area (Å²) in [6, 6.07) is 0. The molecule has 0 aliphatic rings. The molecule has 0 atom stereocenters. The van der Waals surface area contributed by atoms with Gasteiger partial charge in [0.2, 0.25) is 0 Å². The molecule has 0 heterocycles. The first-order valence-corrected chi connectivity index (χ1v) is 6.06. The van der Waals surface area contributed by atoms with E-state index in [1.807, 2.05) is 34.6 Å². The average molecular weight is 232 g/mol. The molecule has 1 N–H and O–H groups in total. The van der Waals surface area contributed by atoms with E-state index in [1.165, 1.54) is 11.8 Å². The molecule has 0 aliphatic carbocycles. The number of hydrogen-bond acceptors (Lipinski definition) is 3. The minimum atomic E-state index is -0.542. The lowest BCUT2D eigenvalue weighted by Gasteiger charge is -2.17. The molecule has 0 spiro atoms. The Morgan fingerprint density at radius 3 is 2.40 bits per heavy atom. The van der Waals surface area contributed by atoms with E-state index >= 15 is 0 Å². The fourth-order valence-electron chi connectivity index (χ4n) is 0.778. The SMILES string of the molecule is CCNC(=NC(=O)OC(C)(C)C)SCC. The minimum Gasteiger partial charge on any atom is -0.442 e. The number of ether oxygens (including phenoxy) is 1. The molecule has 88 valence electrons. The highest BCUT2D eigenvalue weighted by molar-refractivity contribution is 8.13. The summed E-state index contributed by atoms with van der Waals surface area (Å²) in [5, 5.41) is 3.63. The van der Waals surface area contributed by atoms with E-state index in [4.69, 9.17) is 4.74 Å². The predicted molar refractivity (Wildman–Crippen MR) is 65.5 cm³/mol. The molecule has 0 radical (unpaired) electrons. The third-order valence-electron chi connectivity index (χ3n) is 1.20. The molecule has 0 saturated heterocycles. The number of thioether (sulfide) groups is 1. The topological polar surface area (TPSA) is 50.7 Å². The smallest absolute Gasteiger partial charge is 0.436 e. The van der Waals surface area contributed by atoms with Crippen LogP contribution >= 0.6 is 11.8 Å². The molecule has 0 aromatic carbocycles. The van der Waals surface area contributed by atoms with Crippen molar-refractivity contribution >= 4 is 23.0 Å². The Labute approximate surface area is 95.9 Å². The highest BCUT2D eigenvalue weighted by Gasteiger charge is 2.16. The number of amidine groups is 1. The highest BCUT2D eigenvalue weighted by Crippen LogP contribution is 2.09. The number of carbonyl (C=O) groups is 1. The van der Waals surface area contributed by atoms with Gasteiger partial charge in [0.05, 0.1) is 0 Å². The van der Waals surface area contributed by atoms with Crippen molar-refractivity contribution in [2.24, 2.45) is 4.99 Å². The van der Waals surface area contributed by atoms with Crippen molar-refractivity contribution in [3.63, 3.8) is 0 Å². The van der Waals surface area contributed by atoms with Crippen LogP contribution in [0.1, 0.15) is 34.6 Å². The Morgan fingerprint density at radius 1 is 1.40 bits per heavy atom. The van der Waals surface area contributed by atoms with Crippen molar-refractivity contribution in [2.45, 2.75) is 40.2 Å². The first-order valence-electron chi connectivity index (χ1n) is 5.07. The highest BCUT2D eigenvalue weighted by atomic mass is 32.2. The molecule has 4 nitrogen and oxygen atoms in total. The molecule has 1 amide bonds. The number of nitrogens with one attached hydrogen (secondary N) is 1. The molecule has 15 heavy (non-hydrogen) atoms. The summed E-state index contributed by atoms with van der Waals surface area (Å²) in [7, 11) is 0. The van der Waals surface area contributed by atoms with E-state index in [9.17, 15) is 4.79 Å². The maximum absolute atomic E-state index is 11.4. The zero-order valence-corrected chi connectivity index (χ0v) is 10.9. The molecule has 5 heteroatoms. The molecule has 0 bridgehead atoms. The summed E-state index contributed by atoms with van der Waals surface area (Å²) in [5.74, 6) is 0.870. The predicted octanol–water partition coefficient (Wildman–Crippen LogP) is 2.64. The Morgan fingerprint density at radius 2 is 2.00 bits per heavy atom. The molecule has 0 fully saturated rings. The van der Waals surface area contributed by atoms with E-state index in [1.54, 1.807) is 0 Å². The van der Waals surface area contributed by atoms with Crippen LogP contribution in [-0.4, -0.2) is 29.2 Å². The standard InChI is InChI=1S/C10H20N2O2S/c1-6-11-8(15-7-2)12-9(13)14-10(3,4)5/h6-7H2,1-5H3,(H,11,12,13). The Kier molecular flexibility index (Phi) is 6.40. The van der Waals surface area contributed by atoms with Crippen molar-refractivity contribution in [1.29, 1.82) is 0 Å². The average Bonchev–Trinajstić information content (AvgIpc) is 2.00. The van der Waals surface area contributed by atoms with Gasteiger partial charge < -0.3 is 10.1 Å². The summed E-state index contributed by atoms with van der Waals surface area (Å²) >= 11 is 1.49. The second-order valence-electron chi connectivity index (χ2n) is 3.86. The minimum absolute atomic E-state index is 0.491. The largest absolute Gasteiger partial charge is 0.442 e. The maximum Gasteiger partial charge on any atom is 0.436 e. The summed E-state index contributed by atoms with van der Waals surface area (Å²) in [4.78, 5) is 15.2. The van der Waals surface area contributed by atoms with Crippen LogP contribution in [-0.2, 0) is 4.74 Å². The van der Waals surface area contributed by atoms with E-state index in [0.29, 0.717) is 5.17 Å². The summed E-state index contributed by atoms with van der Waals surface area (Å²) < 4.78 is 5.08. The number of nitrogens with zero attached hydrogens (tertiary/aromatic N) is 1. The van der Waals surface area contributed by atoms with Gasteiger partial charge in [-0.1, -0.05) is 18.7 Å². The monoisotopic (exact) mass is 232 g/mol. The number of aliphatic imine (C=N–C) groups is 1. The fourth-order valence-corrected chi connectivity index (χ4v) is 1.44. The van der Waals surface area contributed by atoms with Gasteiger partial charge in [0.15, 0.2) is 5.17 Å². The Balaban J connectivity index is 4.33. The quantitative estimate of drug-likeness (QED) is 0.587. The van der Waals surface area contributed by atoms with Crippen molar-refractivity contribution in [3.8, 4) is 0 Å². The van der Waals surface area contributed by atoms with Crippen LogP contribution in [0.3, 0.4) is 0 Å². The molecule has 0 saturated carbocycles. The van der Waals surface area contributed by atoms with Crippen LogP contribution in [0.25, 0.3) is 0 Å². The van der Waals surface area contributed by atoms with Gasteiger partial charge in [-0.15, -0.1) is 0 Å². The van der Waals surface area contributed by atoms with Gasteiger partial charge >= 0.3 is 6.09 Å². The second kappa shape index (κ2) is 6.71. The normalized spacial score (nSPS) is 12.5. The number of amides is 1. The van der Waals surface area contributed by atoms with Crippen molar-refractivity contribution in [3.05, 3.63) is 0 Å². The third kappa shape index (κ3) is 8.30.